The number of ether oxygens (including phenoxy) is 1. The zero-order chi connectivity index (χ0) is 15.5. The van der Waals surface area contributed by atoms with Crippen LogP contribution in [0.25, 0.3) is 0 Å². The number of imide groups is 1. The molecule has 0 spiro atoms. The van der Waals surface area contributed by atoms with Crippen molar-refractivity contribution in [2.24, 2.45) is 0 Å². The minimum absolute atomic E-state index is 0.0111. The van der Waals surface area contributed by atoms with E-state index in [1.54, 1.807) is 36.4 Å². The molecular formula is C16H11NO5. The molecule has 0 bridgehead atoms. The van der Waals surface area contributed by atoms with E-state index in [-0.39, 0.29) is 17.7 Å². The Morgan fingerprint density at radius 2 is 1.41 bits per heavy atom. The lowest BCUT2D eigenvalue weighted by atomic mass is 10.1. The molecule has 22 heavy (non-hydrogen) atoms. The third kappa shape index (κ3) is 2.54. The molecule has 0 aliphatic carbocycles. The monoisotopic (exact) mass is 297 g/mol. The highest BCUT2D eigenvalue weighted by atomic mass is 16.8. The van der Waals surface area contributed by atoms with E-state index in [9.17, 15) is 14.4 Å². The average Bonchev–Trinajstić information content (AvgIpc) is 2.79. The number of amides is 2. The fraction of sp³-hybridized carbons (Fsp3) is 0.0625. The Balaban J connectivity index is 1.63. The van der Waals surface area contributed by atoms with E-state index >= 15 is 0 Å². The molecule has 6 nitrogen and oxygen atoms in total. The van der Waals surface area contributed by atoms with Crippen LogP contribution in [0, 0.1) is 0 Å². The topological polar surface area (TPSA) is 72.9 Å². The van der Waals surface area contributed by atoms with Crippen molar-refractivity contribution in [3.8, 4) is 0 Å². The van der Waals surface area contributed by atoms with Crippen LogP contribution in [0.5, 0.6) is 0 Å². The maximum absolute atomic E-state index is 12.0. The molecule has 110 valence electrons. The van der Waals surface area contributed by atoms with Gasteiger partial charge < -0.3 is 4.74 Å². The van der Waals surface area contributed by atoms with Gasteiger partial charge in [0.1, 0.15) is 6.61 Å². The number of benzene rings is 2. The van der Waals surface area contributed by atoms with Crippen molar-refractivity contribution in [1.29, 1.82) is 0 Å². The van der Waals surface area contributed by atoms with Gasteiger partial charge in [0.2, 0.25) is 0 Å². The van der Waals surface area contributed by atoms with Gasteiger partial charge in [0.15, 0.2) is 0 Å². The summed E-state index contributed by atoms with van der Waals surface area (Å²) in [4.78, 5) is 40.3. The average molecular weight is 297 g/mol. The quantitative estimate of drug-likeness (QED) is 0.643. The summed E-state index contributed by atoms with van der Waals surface area (Å²) < 4.78 is 4.88. The fourth-order valence-corrected chi connectivity index (χ4v) is 2.07. The van der Waals surface area contributed by atoms with Crippen molar-refractivity contribution in [3.63, 3.8) is 0 Å². The summed E-state index contributed by atoms with van der Waals surface area (Å²) in [5.74, 6) is -1.37. The first-order valence-corrected chi connectivity index (χ1v) is 6.53. The molecule has 0 N–H and O–H groups in total. The van der Waals surface area contributed by atoms with Crippen molar-refractivity contribution >= 4 is 18.0 Å². The predicted molar refractivity (Wildman–Crippen MR) is 74.7 cm³/mol. The number of hydrogen-bond acceptors (Lipinski definition) is 5. The standard InChI is InChI=1S/C16H11NO5/c18-14-12-8-4-5-9-13(12)15(19)17(14)22-16(20)21-10-11-6-2-1-3-7-11/h1-9H,10H2. The molecule has 0 fully saturated rings. The highest BCUT2D eigenvalue weighted by molar-refractivity contribution is 6.20. The van der Waals surface area contributed by atoms with Gasteiger partial charge in [-0.05, 0) is 17.7 Å². The van der Waals surface area contributed by atoms with E-state index in [1.165, 1.54) is 12.1 Å². The van der Waals surface area contributed by atoms with Crippen molar-refractivity contribution in [2.45, 2.75) is 6.61 Å². The zero-order valence-electron chi connectivity index (χ0n) is 11.4. The van der Waals surface area contributed by atoms with Gasteiger partial charge in [-0.2, -0.15) is 0 Å². The van der Waals surface area contributed by atoms with Gasteiger partial charge >= 0.3 is 6.16 Å². The van der Waals surface area contributed by atoms with E-state index in [1.807, 2.05) is 6.07 Å². The lowest BCUT2D eigenvalue weighted by Gasteiger charge is -2.12. The molecule has 0 saturated carbocycles. The largest absolute Gasteiger partial charge is 0.534 e. The lowest BCUT2D eigenvalue weighted by molar-refractivity contribution is -0.0759. The number of carbonyl (C=O) groups excluding carboxylic acids is 3. The van der Waals surface area contributed by atoms with Crippen molar-refractivity contribution in [3.05, 3.63) is 71.3 Å². The highest BCUT2D eigenvalue weighted by Gasteiger charge is 2.39. The Morgan fingerprint density at radius 1 is 0.864 bits per heavy atom. The first-order valence-electron chi connectivity index (χ1n) is 6.53. The fourth-order valence-electron chi connectivity index (χ4n) is 2.07. The summed E-state index contributed by atoms with van der Waals surface area (Å²) in [6, 6.07) is 15.2. The van der Waals surface area contributed by atoms with Crippen LogP contribution in [0.3, 0.4) is 0 Å². The Hall–Kier alpha value is -3.15. The van der Waals surface area contributed by atoms with Crippen molar-refractivity contribution in [2.75, 3.05) is 0 Å². The number of rotatable bonds is 3. The van der Waals surface area contributed by atoms with E-state index in [0.717, 1.165) is 5.56 Å². The third-order valence-electron chi connectivity index (χ3n) is 3.12. The zero-order valence-corrected chi connectivity index (χ0v) is 11.4. The van der Waals surface area contributed by atoms with Gasteiger partial charge in [-0.25, -0.2) is 4.79 Å². The first-order chi connectivity index (χ1) is 10.7. The van der Waals surface area contributed by atoms with Gasteiger partial charge in [-0.15, -0.1) is 0 Å². The minimum Gasteiger partial charge on any atom is -0.428 e. The van der Waals surface area contributed by atoms with E-state index in [0.29, 0.717) is 5.06 Å². The summed E-state index contributed by atoms with van der Waals surface area (Å²) in [6.07, 6.45) is -1.11. The molecule has 0 saturated heterocycles. The van der Waals surface area contributed by atoms with Gasteiger partial charge in [0.05, 0.1) is 11.1 Å². The van der Waals surface area contributed by atoms with Crippen molar-refractivity contribution < 1.29 is 24.0 Å². The molecule has 2 aromatic rings. The molecule has 1 aliphatic heterocycles. The molecule has 1 aliphatic rings. The van der Waals surface area contributed by atoms with Crippen LogP contribution in [-0.2, 0) is 16.2 Å². The summed E-state index contributed by atoms with van der Waals surface area (Å²) >= 11 is 0. The molecular weight excluding hydrogens is 286 g/mol. The Bertz CT molecular complexity index is 706. The van der Waals surface area contributed by atoms with Crippen LogP contribution >= 0.6 is 0 Å². The van der Waals surface area contributed by atoms with Crippen LogP contribution in [0.15, 0.2) is 54.6 Å². The van der Waals surface area contributed by atoms with Gasteiger partial charge in [0.25, 0.3) is 11.8 Å². The molecule has 0 aromatic heterocycles. The molecule has 2 amide bonds. The van der Waals surface area contributed by atoms with Crippen molar-refractivity contribution in [1.82, 2.24) is 5.06 Å². The number of fused-ring (bicyclic) bond motifs is 1. The lowest BCUT2D eigenvalue weighted by Crippen LogP contribution is -2.32. The Labute approximate surface area is 125 Å². The molecule has 0 unspecified atom stereocenters. The SMILES string of the molecule is O=C(OCc1ccccc1)ON1C(=O)c2ccccc2C1=O. The normalized spacial score (nSPS) is 13.0. The van der Waals surface area contributed by atoms with E-state index in [4.69, 9.17) is 9.57 Å². The summed E-state index contributed by atoms with van der Waals surface area (Å²) in [5, 5.41) is 0.415. The molecule has 1 heterocycles. The second-order valence-electron chi connectivity index (χ2n) is 4.57. The van der Waals surface area contributed by atoms with Crippen LogP contribution in [-0.4, -0.2) is 23.0 Å². The maximum Gasteiger partial charge on any atom is 0.534 e. The summed E-state index contributed by atoms with van der Waals surface area (Å²) in [5.41, 5.74) is 1.16. The van der Waals surface area contributed by atoms with E-state index < -0.39 is 18.0 Å². The number of hydroxylamine groups is 2. The van der Waals surface area contributed by atoms with Gasteiger partial charge in [0, 0.05) is 0 Å². The molecule has 6 heteroatoms. The smallest absolute Gasteiger partial charge is 0.428 e. The predicted octanol–water partition coefficient (Wildman–Crippen LogP) is 2.55. The maximum atomic E-state index is 12.0. The number of hydrogen-bond donors (Lipinski definition) is 0. The second-order valence-corrected chi connectivity index (χ2v) is 4.57. The van der Waals surface area contributed by atoms with Crippen LogP contribution in [0.2, 0.25) is 0 Å². The minimum atomic E-state index is -1.11. The summed E-state index contributed by atoms with van der Waals surface area (Å²) in [7, 11) is 0. The molecule has 3 rings (SSSR count). The molecule has 2 aromatic carbocycles. The van der Waals surface area contributed by atoms with Crippen LogP contribution in [0.4, 0.5) is 4.79 Å². The number of carbonyl (C=O) groups is 3. The highest BCUT2D eigenvalue weighted by Crippen LogP contribution is 2.22. The Morgan fingerprint density at radius 3 is 2.00 bits per heavy atom. The third-order valence-corrected chi connectivity index (χ3v) is 3.12. The first kappa shape index (κ1) is 13.8. The van der Waals surface area contributed by atoms with Gasteiger partial charge in [-0.3, -0.25) is 14.4 Å². The molecule has 0 radical (unpaired) electrons. The summed E-state index contributed by atoms with van der Waals surface area (Å²) in [6.45, 7) is -0.0111. The van der Waals surface area contributed by atoms with E-state index in [2.05, 4.69) is 0 Å². The molecule has 0 atom stereocenters. The van der Waals surface area contributed by atoms with Gasteiger partial charge in [-0.1, -0.05) is 47.5 Å². The van der Waals surface area contributed by atoms with Crippen LogP contribution in [0.1, 0.15) is 26.3 Å². The second kappa shape index (κ2) is 5.69. The Kier molecular flexibility index (Phi) is 3.57. The van der Waals surface area contributed by atoms with Crippen LogP contribution < -0.4 is 0 Å². The number of nitrogens with zero attached hydrogens (tertiary/aromatic N) is 1.